The highest BCUT2D eigenvalue weighted by molar-refractivity contribution is 4.87. The Kier molecular flexibility index (Phi) is 4.18. The molecule has 0 amide bonds. The Morgan fingerprint density at radius 3 is 2.58 bits per heavy atom. The molecule has 0 heterocycles. The molecule has 0 unspecified atom stereocenters. The fourth-order valence-corrected chi connectivity index (χ4v) is 2.03. The molecule has 0 aliphatic heterocycles. The second kappa shape index (κ2) is 5.22. The highest BCUT2D eigenvalue weighted by atomic mass is 15.1. The minimum atomic E-state index is 0.802. The molecule has 1 rings (SSSR count). The predicted octanol–water partition coefficient (Wildman–Crippen LogP) is 2.13. The number of hydrogen-bond acceptors (Lipinski definition) is 1. The Bertz CT molecular complexity index is 151. The van der Waals surface area contributed by atoms with Gasteiger partial charge in [-0.1, -0.05) is 25.2 Å². The molecular formula is C11H19N. The van der Waals surface area contributed by atoms with Gasteiger partial charge in [0.15, 0.2) is 0 Å². The summed E-state index contributed by atoms with van der Waals surface area (Å²) in [6, 6.07) is 0. The fraction of sp³-hybridized carbons (Fsp3) is 0.818. The number of nitrogens with zero attached hydrogens (tertiary/aromatic N) is 1. The molecule has 12 heavy (non-hydrogen) atoms. The van der Waals surface area contributed by atoms with Crippen molar-refractivity contribution in [3.8, 4) is 12.3 Å². The first kappa shape index (κ1) is 9.61. The van der Waals surface area contributed by atoms with E-state index in [0.717, 1.165) is 12.5 Å². The van der Waals surface area contributed by atoms with Crippen LogP contribution in [0, 0.1) is 18.3 Å². The summed E-state index contributed by atoms with van der Waals surface area (Å²) in [5, 5.41) is 0. The summed E-state index contributed by atoms with van der Waals surface area (Å²) in [6.45, 7) is 2.00. The van der Waals surface area contributed by atoms with Crippen LogP contribution >= 0.6 is 0 Å². The fourth-order valence-electron chi connectivity index (χ4n) is 2.03. The van der Waals surface area contributed by atoms with Crippen LogP contribution in [0.15, 0.2) is 0 Å². The van der Waals surface area contributed by atoms with Crippen molar-refractivity contribution in [2.75, 3.05) is 20.1 Å². The Morgan fingerprint density at radius 1 is 1.33 bits per heavy atom. The molecular weight excluding hydrogens is 146 g/mol. The molecule has 0 bridgehead atoms. The summed E-state index contributed by atoms with van der Waals surface area (Å²) in [7, 11) is 2.12. The highest BCUT2D eigenvalue weighted by Crippen LogP contribution is 2.23. The van der Waals surface area contributed by atoms with Crippen molar-refractivity contribution in [1.82, 2.24) is 4.90 Å². The van der Waals surface area contributed by atoms with Crippen molar-refractivity contribution < 1.29 is 0 Å². The van der Waals surface area contributed by atoms with Crippen molar-refractivity contribution in [3.05, 3.63) is 0 Å². The second-order valence-corrected chi connectivity index (χ2v) is 3.90. The van der Waals surface area contributed by atoms with Gasteiger partial charge in [-0.15, -0.1) is 6.42 Å². The van der Waals surface area contributed by atoms with Crippen molar-refractivity contribution in [3.63, 3.8) is 0 Å². The normalized spacial score (nSPS) is 19.4. The van der Waals surface area contributed by atoms with E-state index in [1.807, 2.05) is 0 Å². The van der Waals surface area contributed by atoms with Gasteiger partial charge in [0.05, 0.1) is 6.54 Å². The van der Waals surface area contributed by atoms with Gasteiger partial charge in [-0.3, -0.25) is 4.90 Å². The zero-order valence-electron chi connectivity index (χ0n) is 8.05. The van der Waals surface area contributed by atoms with E-state index in [9.17, 15) is 0 Å². The van der Waals surface area contributed by atoms with E-state index in [-0.39, 0.29) is 0 Å². The van der Waals surface area contributed by atoms with E-state index in [4.69, 9.17) is 6.42 Å². The lowest BCUT2D eigenvalue weighted by molar-refractivity contribution is 0.251. The summed E-state index contributed by atoms with van der Waals surface area (Å²) < 4.78 is 0. The average molecular weight is 165 g/mol. The van der Waals surface area contributed by atoms with Gasteiger partial charge in [0.25, 0.3) is 0 Å². The van der Waals surface area contributed by atoms with Gasteiger partial charge in [-0.2, -0.15) is 0 Å². The maximum atomic E-state index is 5.24. The molecule has 1 aliphatic carbocycles. The van der Waals surface area contributed by atoms with Gasteiger partial charge in [0, 0.05) is 6.54 Å². The van der Waals surface area contributed by atoms with E-state index < -0.39 is 0 Å². The van der Waals surface area contributed by atoms with Crippen LogP contribution in [0.4, 0.5) is 0 Å². The molecule has 0 spiro atoms. The van der Waals surface area contributed by atoms with E-state index in [1.165, 1.54) is 38.6 Å². The van der Waals surface area contributed by atoms with Gasteiger partial charge >= 0.3 is 0 Å². The van der Waals surface area contributed by atoms with Gasteiger partial charge < -0.3 is 0 Å². The molecule has 1 nitrogen and oxygen atoms in total. The highest BCUT2D eigenvalue weighted by Gasteiger charge is 2.14. The SMILES string of the molecule is C#CCN(C)CC1CCCCC1. The molecule has 1 heteroatoms. The first-order valence-corrected chi connectivity index (χ1v) is 4.95. The molecule has 68 valence electrons. The third-order valence-corrected chi connectivity index (χ3v) is 2.66. The minimum Gasteiger partial charge on any atom is -0.295 e. The van der Waals surface area contributed by atoms with Crippen LogP contribution in [0.1, 0.15) is 32.1 Å². The van der Waals surface area contributed by atoms with E-state index in [0.29, 0.717) is 0 Å². The lowest BCUT2D eigenvalue weighted by atomic mass is 9.89. The molecule has 0 aromatic heterocycles. The second-order valence-electron chi connectivity index (χ2n) is 3.90. The maximum Gasteiger partial charge on any atom is 0.0596 e. The smallest absolute Gasteiger partial charge is 0.0596 e. The minimum absolute atomic E-state index is 0.802. The van der Waals surface area contributed by atoms with Crippen LogP contribution in [0.2, 0.25) is 0 Å². The molecule has 0 saturated heterocycles. The first-order chi connectivity index (χ1) is 5.83. The van der Waals surface area contributed by atoms with Crippen molar-refractivity contribution in [2.24, 2.45) is 5.92 Å². The van der Waals surface area contributed by atoms with Crippen LogP contribution in [0.3, 0.4) is 0 Å². The van der Waals surface area contributed by atoms with Gasteiger partial charge in [-0.05, 0) is 25.8 Å². The van der Waals surface area contributed by atoms with Crippen LogP contribution in [-0.2, 0) is 0 Å². The van der Waals surface area contributed by atoms with Gasteiger partial charge in [0.1, 0.15) is 0 Å². The lowest BCUT2D eigenvalue weighted by Crippen LogP contribution is -2.27. The summed E-state index contributed by atoms with van der Waals surface area (Å²) in [6.07, 6.45) is 12.4. The lowest BCUT2D eigenvalue weighted by Gasteiger charge is -2.25. The summed E-state index contributed by atoms with van der Waals surface area (Å²) >= 11 is 0. The molecule has 1 saturated carbocycles. The monoisotopic (exact) mass is 165 g/mol. The average Bonchev–Trinajstić information content (AvgIpc) is 2.06. The third-order valence-electron chi connectivity index (χ3n) is 2.66. The zero-order valence-corrected chi connectivity index (χ0v) is 8.05. The molecule has 0 atom stereocenters. The Labute approximate surface area is 76.1 Å². The Morgan fingerprint density at radius 2 is 2.00 bits per heavy atom. The quantitative estimate of drug-likeness (QED) is 0.579. The predicted molar refractivity (Wildman–Crippen MR) is 52.9 cm³/mol. The van der Waals surface area contributed by atoms with Crippen molar-refractivity contribution >= 4 is 0 Å². The van der Waals surface area contributed by atoms with Crippen LogP contribution in [-0.4, -0.2) is 25.0 Å². The summed E-state index contributed by atoms with van der Waals surface area (Å²) in [5.74, 6) is 3.60. The molecule has 0 N–H and O–H groups in total. The van der Waals surface area contributed by atoms with Crippen molar-refractivity contribution in [1.29, 1.82) is 0 Å². The topological polar surface area (TPSA) is 3.24 Å². The zero-order chi connectivity index (χ0) is 8.81. The standard InChI is InChI=1S/C11H19N/c1-3-9-12(2)10-11-7-5-4-6-8-11/h1,11H,4-10H2,2H3. The molecule has 1 fully saturated rings. The van der Waals surface area contributed by atoms with E-state index in [1.54, 1.807) is 0 Å². The Hall–Kier alpha value is -0.480. The Balaban J connectivity index is 2.16. The summed E-state index contributed by atoms with van der Waals surface area (Å²) in [4.78, 5) is 2.26. The van der Waals surface area contributed by atoms with Gasteiger partial charge in [-0.25, -0.2) is 0 Å². The first-order valence-electron chi connectivity index (χ1n) is 4.95. The molecule has 0 aromatic carbocycles. The third kappa shape index (κ3) is 3.28. The molecule has 1 aliphatic rings. The van der Waals surface area contributed by atoms with Gasteiger partial charge in [0.2, 0.25) is 0 Å². The van der Waals surface area contributed by atoms with E-state index in [2.05, 4.69) is 17.9 Å². The molecule has 0 aromatic rings. The number of terminal acetylenes is 1. The summed E-state index contributed by atoms with van der Waals surface area (Å²) in [5.41, 5.74) is 0. The van der Waals surface area contributed by atoms with Crippen LogP contribution in [0.5, 0.6) is 0 Å². The number of rotatable bonds is 3. The maximum absolute atomic E-state index is 5.24. The molecule has 0 radical (unpaired) electrons. The van der Waals surface area contributed by atoms with E-state index >= 15 is 0 Å². The number of hydrogen-bond donors (Lipinski definition) is 0. The largest absolute Gasteiger partial charge is 0.295 e. The van der Waals surface area contributed by atoms with Crippen LogP contribution < -0.4 is 0 Å². The van der Waals surface area contributed by atoms with Crippen molar-refractivity contribution in [2.45, 2.75) is 32.1 Å². The van der Waals surface area contributed by atoms with Crippen LogP contribution in [0.25, 0.3) is 0 Å².